The van der Waals surface area contributed by atoms with E-state index < -0.39 is 0 Å². The molecule has 4 rings (SSSR count). The molecule has 152 valence electrons. The molecule has 0 aromatic heterocycles. The van der Waals surface area contributed by atoms with Gasteiger partial charge in [-0.2, -0.15) is 0 Å². The number of anilines is 2. The van der Waals surface area contributed by atoms with E-state index >= 15 is 0 Å². The minimum Gasteiger partial charge on any atom is -0.507 e. The molecule has 2 N–H and O–H groups in total. The van der Waals surface area contributed by atoms with E-state index in [0.717, 1.165) is 5.39 Å². The predicted molar refractivity (Wildman–Crippen MR) is 113 cm³/mol. The van der Waals surface area contributed by atoms with Crippen molar-refractivity contribution in [1.29, 1.82) is 0 Å². The summed E-state index contributed by atoms with van der Waals surface area (Å²) in [6, 6.07) is 15.3. The third-order valence-corrected chi connectivity index (χ3v) is 5.12. The Bertz CT molecular complexity index is 1170. The molecule has 0 bridgehead atoms. The van der Waals surface area contributed by atoms with Gasteiger partial charge in [0, 0.05) is 41.9 Å². The average Bonchev–Trinajstić information content (AvgIpc) is 2.75. The number of ether oxygens (including phenoxy) is 1. The molecule has 0 saturated carbocycles. The van der Waals surface area contributed by atoms with Gasteiger partial charge in [0.15, 0.2) is 12.4 Å². The molecule has 3 aromatic carbocycles. The number of phenols is 1. The van der Waals surface area contributed by atoms with Gasteiger partial charge < -0.3 is 20.1 Å². The lowest BCUT2D eigenvalue weighted by molar-refractivity contribution is -0.121. The Hall–Kier alpha value is -3.87. The lowest BCUT2D eigenvalue weighted by atomic mass is 10.0. The number of rotatable bonds is 5. The molecule has 0 radical (unpaired) electrons. The Labute approximate surface area is 172 Å². The second kappa shape index (κ2) is 7.87. The van der Waals surface area contributed by atoms with Crippen LogP contribution < -0.4 is 15.0 Å². The Kier molecular flexibility index (Phi) is 5.10. The number of benzene rings is 3. The first kappa shape index (κ1) is 19.4. The normalized spacial score (nSPS) is 13.0. The van der Waals surface area contributed by atoms with Gasteiger partial charge in [0.2, 0.25) is 5.91 Å². The molecule has 7 nitrogen and oxygen atoms in total. The minimum atomic E-state index is -0.298. The maximum absolute atomic E-state index is 12.6. The van der Waals surface area contributed by atoms with Crippen LogP contribution in [-0.4, -0.2) is 36.4 Å². The van der Waals surface area contributed by atoms with Crippen molar-refractivity contribution >= 4 is 39.7 Å². The molecule has 3 aromatic rings. The molecule has 0 unspecified atom stereocenters. The van der Waals surface area contributed by atoms with Gasteiger partial charge in [-0.15, -0.1) is 0 Å². The molecule has 0 fully saturated rings. The Morgan fingerprint density at radius 2 is 1.83 bits per heavy atom. The maximum Gasteiger partial charge on any atom is 0.264 e. The molecule has 1 aliphatic rings. The van der Waals surface area contributed by atoms with Crippen LogP contribution >= 0.6 is 0 Å². The van der Waals surface area contributed by atoms with Crippen LogP contribution in [0.1, 0.15) is 23.2 Å². The number of fused-ring (bicyclic) bond motifs is 2. The highest BCUT2D eigenvalue weighted by Gasteiger charge is 2.23. The third kappa shape index (κ3) is 3.69. The van der Waals surface area contributed by atoms with Gasteiger partial charge in [0.25, 0.3) is 5.91 Å². The summed E-state index contributed by atoms with van der Waals surface area (Å²) in [5.41, 5.74) is 1.53. The zero-order valence-electron chi connectivity index (χ0n) is 16.3. The molecule has 7 heteroatoms. The lowest BCUT2D eigenvalue weighted by Gasteiger charge is -2.26. The van der Waals surface area contributed by atoms with Gasteiger partial charge in [-0.05, 0) is 30.3 Å². The summed E-state index contributed by atoms with van der Waals surface area (Å²) >= 11 is 0. The number of hydrogen-bond acceptors (Lipinski definition) is 5. The second-order valence-electron chi connectivity index (χ2n) is 7.07. The van der Waals surface area contributed by atoms with E-state index in [9.17, 15) is 19.5 Å². The molecule has 2 amide bonds. The van der Waals surface area contributed by atoms with Crippen LogP contribution in [-0.2, 0) is 9.59 Å². The number of nitrogens with one attached hydrogen (secondary N) is 1. The molecule has 0 saturated heterocycles. The summed E-state index contributed by atoms with van der Waals surface area (Å²) in [7, 11) is 1.63. The minimum absolute atomic E-state index is 0.0103. The van der Waals surface area contributed by atoms with E-state index in [0.29, 0.717) is 28.1 Å². The van der Waals surface area contributed by atoms with Crippen LogP contribution in [0.5, 0.6) is 11.5 Å². The van der Waals surface area contributed by atoms with Gasteiger partial charge >= 0.3 is 0 Å². The summed E-state index contributed by atoms with van der Waals surface area (Å²) in [6.07, 6.45) is 0.0372. The SMILES string of the molecule is CN1C(=O)COc2ccc(C(=O)CCC(=O)Nc3cccc4c(O)cccc34)cc21. The van der Waals surface area contributed by atoms with Crippen LogP contribution in [0.3, 0.4) is 0 Å². The fourth-order valence-corrected chi connectivity index (χ4v) is 3.43. The van der Waals surface area contributed by atoms with Crippen LogP contribution in [0.15, 0.2) is 54.6 Å². The standard InChI is InChI=1S/C23H20N2O5/c1-25-18-12-14(8-10-21(18)30-13-23(25)29)19(26)9-11-22(28)24-17-6-2-5-16-15(17)4-3-7-20(16)27/h2-8,10,12,27H,9,11,13H2,1H3,(H,24,28). The fraction of sp³-hybridized carbons (Fsp3) is 0.174. The number of ketones is 1. The number of nitrogens with zero attached hydrogens (tertiary/aromatic N) is 1. The molecule has 0 atom stereocenters. The quantitative estimate of drug-likeness (QED) is 0.635. The first-order valence-electron chi connectivity index (χ1n) is 9.51. The van der Waals surface area contributed by atoms with Gasteiger partial charge in [0.1, 0.15) is 11.5 Å². The van der Waals surface area contributed by atoms with Gasteiger partial charge in [-0.1, -0.05) is 24.3 Å². The van der Waals surface area contributed by atoms with E-state index in [1.165, 1.54) is 4.90 Å². The summed E-state index contributed by atoms with van der Waals surface area (Å²) in [5, 5.41) is 14.1. The van der Waals surface area contributed by atoms with Gasteiger partial charge in [-0.25, -0.2) is 0 Å². The van der Waals surface area contributed by atoms with Crippen molar-refractivity contribution in [2.75, 3.05) is 23.9 Å². The Morgan fingerprint density at radius 1 is 1.07 bits per heavy atom. The van der Waals surface area contributed by atoms with Crippen molar-refractivity contribution < 1.29 is 24.2 Å². The molecule has 1 aliphatic heterocycles. The lowest BCUT2D eigenvalue weighted by Crippen LogP contribution is -2.35. The number of hydrogen-bond donors (Lipinski definition) is 2. The summed E-state index contributed by atoms with van der Waals surface area (Å²) in [4.78, 5) is 38.2. The zero-order chi connectivity index (χ0) is 21.3. The van der Waals surface area contributed by atoms with E-state index in [1.54, 1.807) is 55.6 Å². The number of carbonyl (C=O) groups excluding carboxylic acids is 3. The van der Waals surface area contributed by atoms with E-state index in [2.05, 4.69) is 5.32 Å². The molecular weight excluding hydrogens is 384 g/mol. The van der Waals surface area contributed by atoms with E-state index in [4.69, 9.17) is 4.74 Å². The predicted octanol–water partition coefficient (Wildman–Crippen LogP) is 3.50. The van der Waals surface area contributed by atoms with Crippen LogP contribution in [0.25, 0.3) is 10.8 Å². The molecule has 30 heavy (non-hydrogen) atoms. The van der Waals surface area contributed by atoms with Crippen molar-refractivity contribution in [3.8, 4) is 11.5 Å². The number of phenolic OH excluding ortho intramolecular Hbond substituents is 1. The van der Waals surface area contributed by atoms with E-state index in [-0.39, 0.29) is 42.8 Å². The number of carbonyl (C=O) groups is 3. The first-order valence-corrected chi connectivity index (χ1v) is 9.51. The summed E-state index contributed by atoms with van der Waals surface area (Å²) in [6.45, 7) is -0.0249. The van der Waals surface area contributed by atoms with Crippen LogP contribution in [0, 0.1) is 0 Å². The summed E-state index contributed by atoms with van der Waals surface area (Å²) < 4.78 is 5.36. The zero-order valence-corrected chi connectivity index (χ0v) is 16.3. The van der Waals surface area contributed by atoms with Crippen molar-refractivity contribution in [1.82, 2.24) is 0 Å². The third-order valence-electron chi connectivity index (χ3n) is 5.12. The average molecular weight is 404 g/mol. The topological polar surface area (TPSA) is 95.9 Å². The van der Waals surface area contributed by atoms with Crippen molar-refractivity contribution in [3.63, 3.8) is 0 Å². The number of amides is 2. The fourth-order valence-electron chi connectivity index (χ4n) is 3.43. The number of likely N-dealkylation sites (N-methyl/N-ethyl adjacent to an activating group) is 1. The highest BCUT2D eigenvalue weighted by atomic mass is 16.5. The van der Waals surface area contributed by atoms with Gasteiger partial charge in [0.05, 0.1) is 5.69 Å². The van der Waals surface area contributed by atoms with E-state index in [1.807, 2.05) is 6.07 Å². The van der Waals surface area contributed by atoms with Crippen molar-refractivity contribution in [2.45, 2.75) is 12.8 Å². The smallest absolute Gasteiger partial charge is 0.264 e. The molecule has 1 heterocycles. The molecule has 0 aliphatic carbocycles. The Balaban J connectivity index is 1.43. The van der Waals surface area contributed by atoms with Crippen molar-refractivity contribution in [2.24, 2.45) is 0 Å². The Morgan fingerprint density at radius 3 is 2.67 bits per heavy atom. The second-order valence-corrected chi connectivity index (χ2v) is 7.07. The van der Waals surface area contributed by atoms with Crippen LogP contribution in [0.4, 0.5) is 11.4 Å². The maximum atomic E-state index is 12.6. The molecule has 0 spiro atoms. The highest BCUT2D eigenvalue weighted by molar-refractivity contribution is 6.06. The molecular formula is C23H20N2O5. The largest absolute Gasteiger partial charge is 0.507 e. The van der Waals surface area contributed by atoms with Gasteiger partial charge in [-0.3, -0.25) is 14.4 Å². The number of aromatic hydroxyl groups is 1. The van der Waals surface area contributed by atoms with Crippen molar-refractivity contribution in [3.05, 3.63) is 60.2 Å². The highest BCUT2D eigenvalue weighted by Crippen LogP contribution is 2.33. The summed E-state index contributed by atoms with van der Waals surface area (Å²) in [5.74, 6) is -0.000429. The number of Topliss-reactive ketones (excluding diaryl/α,β-unsaturated/α-hetero) is 1. The first-order chi connectivity index (χ1) is 14.4. The monoisotopic (exact) mass is 404 g/mol. The van der Waals surface area contributed by atoms with Crippen LogP contribution in [0.2, 0.25) is 0 Å².